The van der Waals surface area contributed by atoms with Gasteiger partial charge in [-0.15, -0.1) is 0 Å². The molecule has 0 aliphatic carbocycles. The third kappa shape index (κ3) is 3.22. The molecule has 0 spiro atoms. The highest BCUT2D eigenvalue weighted by Gasteiger charge is 2.22. The van der Waals surface area contributed by atoms with Crippen molar-refractivity contribution in [2.75, 3.05) is 24.6 Å². The normalized spacial score (nSPS) is 20.2. The molecule has 2 rings (SSSR count). The number of aldehydes is 1. The first-order valence-corrected chi connectivity index (χ1v) is 6.89. The molecule has 1 aromatic heterocycles. The van der Waals surface area contributed by atoms with E-state index >= 15 is 0 Å². The van der Waals surface area contributed by atoms with Crippen molar-refractivity contribution >= 4 is 23.7 Å². The molecule has 0 N–H and O–H groups in total. The van der Waals surface area contributed by atoms with Gasteiger partial charge in [-0.05, 0) is 19.8 Å². The van der Waals surface area contributed by atoms with Gasteiger partial charge in [0.2, 0.25) is 0 Å². The van der Waals surface area contributed by atoms with Crippen LogP contribution in [-0.4, -0.2) is 42.1 Å². The number of carbonyl (C=O) groups is 1. The minimum Gasteiger partial charge on any atom is -0.376 e. The number of anilines is 1. The van der Waals surface area contributed by atoms with Gasteiger partial charge in [0.1, 0.15) is 16.8 Å². The average Bonchev–Trinajstić information content (AvgIpc) is 2.63. The molecular weight excluding hydrogens is 266 g/mol. The molecule has 1 atom stereocenters. The van der Waals surface area contributed by atoms with Crippen LogP contribution in [0.2, 0.25) is 5.15 Å². The van der Waals surface area contributed by atoms with E-state index in [1.54, 1.807) is 6.92 Å². The van der Waals surface area contributed by atoms with Gasteiger partial charge in [0.15, 0.2) is 6.29 Å². The summed E-state index contributed by atoms with van der Waals surface area (Å²) in [6, 6.07) is 0. The first kappa shape index (κ1) is 14.2. The molecule has 0 radical (unpaired) electrons. The van der Waals surface area contributed by atoms with E-state index in [4.69, 9.17) is 16.3 Å². The largest absolute Gasteiger partial charge is 0.376 e. The SMILES string of the molecule is CCC1CN(c2nc(C)nc(Cl)c2C=O)CCCO1. The Labute approximate surface area is 117 Å². The van der Waals surface area contributed by atoms with Crippen molar-refractivity contribution in [1.29, 1.82) is 0 Å². The van der Waals surface area contributed by atoms with Crippen LogP contribution in [0.5, 0.6) is 0 Å². The van der Waals surface area contributed by atoms with Crippen LogP contribution < -0.4 is 4.90 Å². The summed E-state index contributed by atoms with van der Waals surface area (Å²) in [6.45, 7) is 6.14. The van der Waals surface area contributed by atoms with E-state index in [9.17, 15) is 4.79 Å². The van der Waals surface area contributed by atoms with E-state index in [-0.39, 0.29) is 11.3 Å². The van der Waals surface area contributed by atoms with E-state index in [1.807, 2.05) is 0 Å². The van der Waals surface area contributed by atoms with Crippen LogP contribution in [0.25, 0.3) is 0 Å². The molecule has 1 aromatic rings. The van der Waals surface area contributed by atoms with Gasteiger partial charge in [0.05, 0.1) is 11.7 Å². The zero-order chi connectivity index (χ0) is 13.8. The summed E-state index contributed by atoms with van der Waals surface area (Å²) in [5, 5.41) is 0.218. The molecule has 1 fully saturated rings. The van der Waals surface area contributed by atoms with Crippen LogP contribution in [0.4, 0.5) is 5.82 Å². The minimum atomic E-state index is 0.163. The van der Waals surface area contributed by atoms with Gasteiger partial charge >= 0.3 is 0 Å². The molecule has 1 unspecified atom stereocenters. The number of hydrogen-bond donors (Lipinski definition) is 0. The fourth-order valence-corrected chi connectivity index (χ4v) is 2.46. The third-order valence-corrected chi connectivity index (χ3v) is 3.50. The molecule has 2 heterocycles. The number of nitrogens with zero attached hydrogens (tertiary/aromatic N) is 3. The Hall–Kier alpha value is -1.20. The Morgan fingerprint density at radius 3 is 3.00 bits per heavy atom. The molecule has 1 aliphatic heterocycles. The molecule has 0 bridgehead atoms. The van der Waals surface area contributed by atoms with Crippen molar-refractivity contribution in [2.24, 2.45) is 0 Å². The lowest BCUT2D eigenvalue weighted by Gasteiger charge is -2.25. The molecule has 0 amide bonds. The summed E-state index contributed by atoms with van der Waals surface area (Å²) in [6.07, 6.45) is 2.74. The number of rotatable bonds is 3. The first-order chi connectivity index (χ1) is 9.15. The highest BCUT2D eigenvalue weighted by atomic mass is 35.5. The molecule has 6 heteroatoms. The molecule has 5 nitrogen and oxygen atoms in total. The van der Waals surface area contributed by atoms with Gasteiger partial charge in [-0.2, -0.15) is 0 Å². The van der Waals surface area contributed by atoms with Crippen LogP contribution in [-0.2, 0) is 4.74 Å². The Balaban J connectivity index is 2.36. The van der Waals surface area contributed by atoms with Crippen LogP contribution in [0.1, 0.15) is 35.9 Å². The second kappa shape index (κ2) is 6.30. The van der Waals surface area contributed by atoms with E-state index in [1.165, 1.54) is 0 Å². The van der Waals surface area contributed by atoms with Crippen molar-refractivity contribution in [2.45, 2.75) is 32.8 Å². The van der Waals surface area contributed by atoms with Gasteiger partial charge in [0.25, 0.3) is 0 Å². The summed E-state index contributed by atoms with van der Waals surface area (Å²) in [7, 11) is 0. The first-order valence-electron chi connectivity index (χ1n) is 6.51. The van der Waals surface area contributed by atoms with Crippen LogP contribution >= 0.6 is 11.6 Å². The van der Waals surface area contributed by atoms with Crippen molar-refractivity contribution in [1.82, 2.24) is 9.97 Å². The topological polar surface area (TPSA) is 55.3 Å². The van der Waals surface area contributed by atoms with Crippen LogP contribution in [0, 0.1) is 6.92 Å². The lowest BCUT2D eigenvalue weighted by Crippen LogP contribution is -2.33. The van der Waals surface area contributed by atoms with Crippen molar-refractivity contribution < 1.29 is 9.53 Å². The fourth-order valence-electron chi connectivity index (χ4n) is 2.21. The summed E-state index contributed by atoms with van der Waals surface area (Å²) < 4.78 is 5.73. The Kier molecular flexibility index (Phi) is 4.71. The maximum atomic E-state index is 11.2. The van der Waals surface area contributed by atoms with Gasteiger partial charge in [-0.25, -0.2) is 9.97 Å². The minimum absolute atomic E-state index is 0.163. The van der Waals surface area contributed by atoms with Gasteiger partial charge in [-0.3, -0.25) is 4.79 Å². The second-order valence-corrected chi connectivity index (χ2v) is 4.98. The molecule has 1 saturated heterocycles. The number of hydrogen-bond acceptors (Lipinski definition) is 5. The van der Waals surface area contributed by atoms with E-state index in [2.05, 4.69) is 21.8 Å². The second-order valence-electron chi connectivity index (χ2n) is 4.62. The van der Waals surface area contributed by atoms with Crippen LogP contribution in [0.15, 0.2) is 0 Å². The Bertz CT molecular complexity index is 467. The summed E-state index contributed by atoms with van der Waals surface area (Å²) >= 11 is 6.02. The highest BCUT2D eigenvalue weighted by Crippen LogP contribution is 2.24. The Morgan fingerprint density at radius 2 is 2.32 bits per heavy atom. The summed E-state index contributed by atoms with van der Waals surface area (Å²) in [5.41, 5.74) is 0.365. The maximum Gasteiger partial charge on any atom is 0.156 e. The van der Waals surface area contributed by atoms with Crippen molar-refractivity contribution in [3.63, 3.8) is 0 Å². The number of aromatic nitrogens is 2. The molecule has 1 aliphatic rings. The van der Waals surface area contributed by atoms with E-state index in [0.29, 0.717) is 17.2 Å². The Morgan fingerprint density at radius 1 is 1.53 bits per heavy atom. The molecule has 0 aromatic carbocycles. The van der Waals surface area contributed by atoms with Crippen molar-refractivity contribution in [3.8, 4) is 0 Å². The number of carbonyl (C=O) groups excluding carboxylic acids is 1. The van der Waals surface area contributed by atoms with E-state index < -0.39 is 0 Å². The molecule has 104 valence electrons. The predicted molar refractivity (Wildman–Crippen MR) is 74.0 cm³/mol. The zero-order valence-corrected chi connectivity index (χ0v) is 12.0. The van der Waals surface area contributed by atoms with Gasteiger partial charge in [-0.1, -0.05) is 18.5 Å². The van der Waals surface area contributed by atoms with Gasteiger partial charge in [0, 0.05) is 19.7 Å². The van der Waals surface area contributed by atoms with Crippen molar-refractivity contribution in [3.05, 3.63) is 16.5 Å². The average molecular weight is 284 g/mol. The lowest BCUT2D eigenvalue weighted by molar-refractivity contribution is 0.0664. The number of ether oxygens (including phenoxy) is 1. The molecule has 0 saturated carbocycles. The monoisotopic (exact) mass is 283 g/mol. The van der Waals surface area contributed by atoms with Crippen LogP contribution in [0.3, 0.4) is 0 Å². The van der Waals surface area contributed by atoms with Gasteiger partial charge < -0.3 is 9.64 Å². The molecule has 19 heavy (non-hydrogen) atoms. The fraction of sp³-hybridized carbons (Fsp3) is 0.615. The zero-order valence-electron chi connectivity index (χ0n) is 11.2. The standard InChI is InChI=1S/C13H18ClN3O2/c1-3-10-7-17(5-4-6-19-10)13-11(8-18)12(14)15-9(2)16-13/h8,10H,3-7H2,1-2H3. The molecular formula is C13H18ClN3O2. The van der Waals surface area contributed by atoms with E-state index in [0.717, 1.165) is 38.8 Å². The number of aryl methyl sites for hydroxylation is 1. The predicted octanol–water partition coefficient (Wildman–Crippen LogP) is 2.26. The lowest BCUT2D eigenvalue weighted by atomic mass is 10.2. The highest BCUT2D eigenvalue weighted by molar-refractivity contribution is 6.32. The third-order valence-electron chi connectivity index (χ3n) is 3.21. The maximum absolute atomic E-state index is 11.2. The quantitative estimate of drug-likeness (QED) is 0.629. The summed E-state index contributed by atoms with van der Waals surface area (Å²) in [5.74, 6) is 1.19. The smallest absolute Gasteiger partial charge is 0.156 e. The number of halogens is 1. The summed E-state index contributed by atoms with van der Waals surface area (Å²) in [4.78, 5) is 21.7.